The highest BCUT2D eigenvalue weighted by Crippen LogP contribution is 2.34. The minimum Gasteiger partial charge on any atom is -0.312 e. The second kappa shape index (κ2) is 7.37. The van der Waals surface area contributed by atoms with Crippen molar-refractivity contribution in [2.75, 3.05) is 19.6 Å². The summed E-state index contributed by atoms with van der Waals surface area (Å²) < 4.78 is 27.7. The van der Waals surface area contributed by atoms with E-state index in [0.29, 0.717) is 28.3 Å². The van der Waals surface area contributed by atoms with E-state index in [2.05, 4.69) is 28.2 Å². The Kier molecular flexibility index (Phi) is 6.02. The summed E-state index contributed by atoms with van der Waals surface area (Å²) in [7, 11) is -3.40. The van der Waals surface area contributed by atoms with Crippen LogP contribution in [0.15, 0.2) is 26.4 Å². The highest BCUT2D eigenvalue weighted by Gasteiger charge is 2.28. The molecule has 0 radical (unpaired) electrons. The molecule has 0 saturated carbocycles. The Labute approximate surface area is 139 Å². The van der Waals surface area contributed by atoms with E-state index in [1.807, 2.05) is 13.0 Å². The van der Waals surface area contributed by atoms with Crippen LogP contribution in [-0.4, -0.2) is 32.4 Å². The zero-order valence-electron chi connectivity index (χ0n) is 12.4. The molecule has 0 unspecified atom stereocenters. The van der Waals surface area contributed by atoms with Crippen molar-refractivity contribution in [1.29, 1.82) is 0 Å². The predicted octanol–water partition coefficient (Wildman–Crippen LogP) is 3.35. The number of rotatable bonds is 6. The number of nitrogens with zero attached hydrogens (tertiary/aromatic N) is 1. The van der Waals surface area contributed by atoms with Crippen molar-refractivity contribution in [2.24, 2.45) is 0 Å². The molecule has 0 amide bonds. The van der Waals surface area contributed by atoms with Gasteiger partial charge in [0.2, 0.25) is 10.0 Å². The van der Waals surface area contributed by atoms with Crippen LogP contribution in [0.5, 0.6) is 0 Å². The van der Waals surface area contributed by atoms with Crippen molar-refractivity contribution in [2.45, 2.75) is 38.1 Å². The number of thiophene rings is 1. The lowest BCUT2D eigenvalue weighted by atomic mass is 10.1. The van der Waals surface area contributed by atoms with E-state index in [1.54, 1.807) is 10.4 Å². The van der Waals surface area contributed by atoms with Gasteiger partial charge in [-0.3, -0.25) is 0 Å². The van der Waals surface area contributed by atoms with Crippen molar-refractivity contribution in [3.05, 3.63) is 26.4 Å². The van der Waals surface area contributed by atoms with E-state index in [9.17, 15) is 8.42 Å². The Bertz CT molecular complexity index is 623. The average molecular weight is 393 g/mol. The monoisotopic (exact) mass is 392 g/mol. The number of hydrogen-bond acceptors (Lipinski definition) is 4. The molecule has 0 fully saturated rings. The molecule has 7 heteroatoms. The molecule has 1 N–H and O–H groups in total. The summed E-state index contributed by atoms with van der Waals surface area (Å²) in [6, 6.07) is 1.79. The highest BCUT2D eigenvalue weighted by atomic mass is 79.9. The molecule has 0 aromatic carbocycles. The second-order valence-electron chi connectivity index (χ2n) is 5.19. The third-order valence-electron chi connectivity index (χ3n) is 3.45. The van der Waals surface area contributed by atoms with E-state index in [1.165, 1.54) is 16.9 Å². The first-order valence-electron chi connectivity index (χ1n) is 7.10. The summed E-state index contributed by atoms with van der Waals surface area (Å²) in [5.74, 6) is 0. The van der Waals surface area contributed by atoms with Crippen LogP contribution < -0.4 is 5.32 Å². The first-order chi connectivity index (χ1) is 9.95. The van der Waals surface area contributed by atoms with Crippen LogP contribution in [0.3, 0.4) is 0 Å². The van der Waals surface area contributed by atoms with E-state index in [0.717, 1.165) is 24.3 Å². The van der Waals surface area contributed by atoms with Gasteiger partial charge in [0.05, 0.1) is 3.79 Å². The zero-order valence-corrected chi connectivity index (χ0v) is 15.6. The SMILES string of the molecule is CCCNCc1cc(S(=O)(=O)N2CC=C(C)CC2)c(Br)s1. The van der Waals surface area contributed by atoms with Crippen molar-refractivity contribution >= 4 is 37.3 Å². The number of nitrogens with one attached hydrogen (secondary N) is 1. The summed E-state index contributed by atoms with van der Waals surface area (Å²) in [5.41, 5.74) is 1.26. The minimum atomic E-state index is -3.40. The predicted molar refractivity (Wildman–Crippen MR) is 91.1 cm³/mol. The lowest BCUT2D eigenvalue weighted by molar-refractivity contribution is 0.431. The molecular formula is C14H21BrN2O2S2. The third kappa shape index (κ3) is 4.16. The molecule has 0 aliphatic carbocycles. The molecule has 0 spiro atoms. The standard InChI is InChI=1S/C14H21BrN2O2S2/c1-3-6-16-10-12-9-13(14(15)20-12)21(18,19)17-7-4-11(2)5-8-17/h4,9,16H,3,5-8,10H2,1-2H3. The van der Waals surface area contributed by atoms with Crippen LogP contribution in [-0.2, 0) is 16.6 Å². The van der Waals surface area contributed by atoms with Gasteiger partial charge in [-0.1, -0.05) is 18.6 Å². The van der Waals surface area contributed by atoms with Crippen LogP contribution in [0.4, 0.5) is 0 Å². The minimum absolute atomic E-state index is 0.397. The van der Waals surface area contributed by atoms with Crippen LogP contribution in [0.1, 0.15) is 31.6 Å². The Morgan fingerprint density at radius 3 is 2.86 bits per heavy atom. The van der Waals surface area contributed by atoms with Crippen molar-refractivity contribution in [1.82, 2.24) is 9.62 Å². The highest BCUT2D eigenvalue weighted by molar-refractivity contribution is 9.11. The van der Waals surface area contributed by atoms with Crippen LogP contribution >= 0.6 is 27.3 Å². The molecular weight excluding hydrogens is 372 g/mol. The lowest BCUT2D eigenvalue weighted by Gasteiger charge is -2.24. The molecule has 4 nitrogen and oxygen atoms in total. The van der Waals surface area contributed by atoms with E-state index >= 15 is 0 Å². The Morgan fingerprint density at radius 2 is 2.24 bits per heavy atom. The Balaban J connectivity index is 2.16. The van der Waals surface area contributed by atoms with Gasteiger partial charge in [-0.25, -0.2) is 8.42 Å². The normalized spacial score (nSPS) is 17.0. The van der Waals surface area contributed by atoms with Crippen molar-refractivity contribution in [3.8, 4) is 0 Å². The van der Waals surface area contributed by atoms with Crippen LogP contribution in [0, 0.1) is 0 Å². The largest absolute Gasteiger partial charge is 0.312 e. The van der Waals surface area contributed by atoms with Crippen LogP contribution in [0.25, 0.3) is 0 Å². The second-order valence-corrected chi connectivity index (χ2v) is 9.55. The maximum atomic E-state index is 12.7. The number of hydrogen-bond donors (Lipinski definition) is 1. The van der Waals surface area contributed by atoms with Gasteiger partial charge in [0.15, 0.2) is 0 Å². The first-order valence-corrected chi connectivity index (χ1v) is 10.1. The Morgan fingerprint density at radius 1 is 1.48 bits per heavy atom. The maximum Gasteiger partial charge on any atom is 0.245 e. The van der Waals surface area contributed by atoms with Crippen LogP contribution in [0.2, 0.25) is 0 Å². The van der Waals surface area contributed by atoms with Gasteiger partial charge in [0.1, 0.15) is 4.90 Å². The fraction of sp³-hybridized carbons (Fsp3) is 0.571. The fourth-order valence-corrected chi connectivity index (χ4v) is 6.14. The quantitative estimate of drug-likeness (QED) is 0.596. The molecule has 1 aliphatic heterocycles. The zero-order chi connectivity index (χ0) is 15.5. The molecule has 21 heavy (non-hydrogen) atoms. The molecule has 1 aromatic rings. The summed E-state index contributed by atoms with van der Waals surface area (Å²) in [6.07, 6.45) is 3.87. The van der Waals surface area contributed by atoms with Gasteiger partial charge >= 0.3 is 0 Å². The Hall–Kier alpha value is -0.210. The number of sulfonamides is 1. The molecule has 0 atom stereocenters. The molecule has 1 aliphatic rings. The first kappa shape index (κ1) is 17.1. The van der Waals surface area contributed by atoms with Gasteiger partial charge in [0, 0.05) is 24.5 Å². The average Bonchev–Trinajstić information content (AvgIpc) is 2.81. The van der Waals surface area contributed by atoms with Crippen molar-refractivity contribution < 1.29 is 8.42 Å². The summed E-state index contributed by atoms with van der Waals surface area (Å²) in [6.45, 7) is 6.84. The lowest BCUT2D eigenvalue weighted by Crippen LogP contribution is -2.34. The van der Waals surface area contributed by atoms with Gasteiger partial charge < -0.3 is 5.32 Å². The number of halogens is 1. The molecule has 0 saturated heterocycles. The van der Waals surface area contributed by atoms with Gasteiger partial charge in [-0.05, 0) is 48.3 Å². The van der Waals surface area contributed by atoms with E-state index < -0.39 is 10.0 Å². The van der Waals surface area contributed by atoms with Crippen molar-refractivity contribution in [3.63, 3.8) is 0 Å². The molecule has 0 bridgehead atoms. The topological polar surface area (TPSA) is 49.4 Å². The molecule has 2 heterocycles. The molecule has 1 aromatic heterocycles. The smallest absolute Gasteiger partial charge is 0.245 e. The van der Waals surface area contributed by atoms with Gasteiger partial charge in [0.25, 0.3) is 0 Å². The fourth-order valence-electron chi connectivity index (χ4n) is 2.16. The summed E-state index contributed by atoms with van der Waals surface area (Å²) >= 11 is 4.90. The van der Waals surface area contributed by atoms with Gasteiger partial charge in [-0.15, -0.1) is 11.3 Å². The maximum absolute atomic E-state index is 12.7. The summed E-state index contributed by atoms with van der Waals surface area (Å²) in [4.78, 5) is 1.44. The molecule has 118 valence electrons. The van der Waals surface area contributed by atoms with E-state index in [-0.39, 0.29) is 0 Å². The third-order valence-corrected chi connectivity index (χ3v) is 7.57. The molecule has 2 rings (SSSR count). The van der Waals surface area contributed by atoms with E-state index in [4.69, 9.17) is 0 Å². The van der Waals surface area contributed by atoms with Gasteiger partial charge in [-0.2, -0.15) is 4.31 Å². The summed E-state index contributed by atoms with van der Waals surface area (Å²) in [5, 5.41) is 3.30.